The van der Waals surface area contributed by atoms with Gasteiger partial charge >= 0.3 is 0 Å². The minimum atomic E-state index is -1.82. The molecule has 0 saturated carbocycles. The lowest BCUT2D eigenvalue weighted by atomic mass is 9.94. The van der Waals surface area contributed by atoms with E-state index in [-0.39, 0.29) is 46.3 Å². The first-order valence-electron chi connectivity index (χ1n) is 13.4. The van der Waals surface area contributed by atoms with Crippen LogP contribution in [0.5, 0.6) is 28.7 Å². The second kappa shape index (κ2) is 12.5. The SMILES string of the molecule is OC[C@H]1O[C@@H](Oc2ccc(C3Oc4cc(O)cc(O)c4CC3O)cc2O[C@@H]2O[C@H](CO)[C@@H](O)[C@H](O)[C@H]2O)[C@H](O)[C@@H](O)[C@@H]1O. The summed E-state index contributed by atoms with van der Waals surface area (Å²) < 4.78 is 28.3. The van der Waals surface area contributed by atoms with Gasteiger partial charge in [0.15, 0.2) is 11.5 Å². The van der Waals surface area contributed by atoms with Gasteiger partial charge < -0.3 is 79.9 Å². The lowest BCUT2D eigenvalue weighted by Gasteiger charge is -2.41. The van der Waals surface area contributed by atoms with E-state index >= 15 is 0 Å². The van der Waals surface area contributed by atoms with Crippen molar-refractivity contribution in [1.82, 2.24) is 0 Å². The molecule has 16 nitrogen and oxygen atoms in total. The van der Waals surface area contributed by atoms with E-state index in [1.807, 2.05) is 0 Å². The van der Waals surface area contributed by atoms with Crippen molar-refractivity contribution in [3.05, 3.63) is 41.5 Å². The largest absolute Gasteiger partial charge is 0.508 e. The highest BCUT2D eigenvalue weighted by atomic mass is 16.7. The number of fused-ring (bicyclic) bond motifs is 1. The molecule has 2 fully saturated rings. The van der Waals surface area contributed by atoms with Crippen LogP contribution in [0, 0.1) is 0 Å². The van der Waals surface area contributed by atoms with E-state index < -0.39 is 86.8 Å². The fourth-order valence-corrected chi connectivity index (χ4v) is 5.22. The molecule has 12 atom stereocenters. The molecule has 0 bridgehead atoms. The molecular formula is C27H34O16. The maximum atomic E-state index is 10.9. The van der Waals surface area contributed by atoms with E-state index in [2.05, 4.69) is 0 Å². The van der Waals surface area contributed by atoms with Crippen LogP contribution in [-0.2, 0) is 15.9 Å². The molecule has 2 unspecified atom stereocenters. The minimum absolute atomic E-state index is 0.0574. The summed E-state index contributed by atoms with van der Waals surface area (Å²) in [7, 11) is 0. The van der Waals surface area contributed by atoms with Gasteiger partial charge in [0.2, 0.25) is 12.6 Å². The van der Waals surface area contributed by atoms with Crippen LogP contribution >= 0.6 is 0 Å². The molecule has 3 aliphatic rings. The first kappa shape index (κ1) is 31.4. The number of hydrogen-bond acceptors (Lipinski definition) is 16. The summed E-state index contributed by atoms with van der Waals surface area (Å²) in [6.07, 6.45) is -18.8. The fourth-order valence-electron chi connectivity index (χ4n) is 5.22. The molecule has 0 aliphatic carbocycles. The van der Waals surface area contributed by atoms with Crippen LogP contribution in [-0.4, -0.2) is 137 Å². The predicted octanol–water partition coefficient (Wildman–Crippen LogP) is -3.51. The first-order valence-corrected chi connectivity index (χ1v) is 13.4. The molecule has 238 valence electrons. The van der Waals surface area contributed by atoms with Crippen LogP contribution in [0.25, 0.3) is 0 Å². The lowest BCUT2D eigenvalue weighted by molar-refractivity contribution is -0.282. The van der Waals surface area contributed by atoms with Crippen molar-refractivity contribution in [3.63, 3.8) is 0 Å². The van der Waals surface area contributed by atoms with Gasteiger partial charge in [-0.3, -0.25) is 0 Å². The topological polar surface area (TPSA) is 269 Å². The average molecular weight is 615 g/mol. The third kappa shape index (κ3) is 6.04. The van der Waals surface area contributed by atoms with Crippen molar-refractivity contribution in [2.24, 2.45) is 0 Å². The number of aliphatic hydroxyl groups is 9. The molecule has 2 saturated heterocycles. The van der Waals surface area contributed by atoms with E-state index in [1.54, 1.807) is 0 Å². The standard InChI is InChI=1S/C27H34O16/c28-7-17-19(33)21(35)23(37)26(42-17)40-14-2-1-9(25-13(32)6-11-12(31)4-10(30)5-15(11)39-25)3-16(14)41-27-24(38)22(36)20(34)18(8-29)43-27/h1-5,13,17-38H,6-8H2/t13?,17-,18-,19-,20-,21+,22+,23-,24-,25?,26-,27-/m1/s1. The monoisotopic (exact) mass is 614 g/mol. The second-order valence-corrected chi connectivity index (χ2v) is 10.6. The molecule has 43 heavy (non-hydrogen) atoms. The summed E-state index contributed by atoms with van der Waals surface area (Å²) in [5, 5.41) is 112. The Balaban J connectivity index is 1.49. The number of hydrogen-bond donors (Lipinski definition) is 11. The Labute approximate surface area is 243 Å². The fraction of sp³-hybridized carbons (Fsp3) is 0.556. The van der Waals surface area contributed by atoms with Gasteiger partial charge in [-0.2, -0.15) is 0 Å². The summed E-state index contributed by atoms with van der Waals surface area (Å²) in [5.74, 6) is -0.903. The number of aromatic hydroxyl groups is 2. The van der Waals surface area contributed by atoms with Gasteiger partial charge in [-0.15, -0.1) is 0 Å². The van der Waals surface area contributed by atoms with E-state index in [4.69, 9.17) is 23.7 Å². The molecule has 11 N–H and O–H groups in total. The van der Waals surface area contributed by atoms with Crippen molar-refractivity contribution in [1.29, 1.82) is 0 Å². The van der Waals surface area contributed by atoms with Crippen molar-refractivity contribution in [3.8, 4) is 28.7 Å². The Hall–Kier alpha value is -3.00. The normalized spacial score (nSPS) is 37.7. The van der Waals surface area contributed by atoms with Gasteiger partial charge in [0.05, 0.1) is 19.3 Å². The quantitative estimate of drug-likeness (QED) is 0.144. The highest BCUT2D eigenvalue weighted by molar-refractivity contribution is 5.52. The zero-order chi connectivity index (χ0) is 31.2. The van der Waals surface area contributed by atoms with Crippen LogP contribution in [0.15, 0.2) is 30.3 Å². The number of ether oxygens (including phenoxy) is 5. The summed E-state index contributed by atoms with van der Waals surface area (Å²) in [4.78, 5) is 0. The van der Waals surface area contributed by atoms with E-state index in [1.165, 1.54) is 24.3 Å². The molecule has 0 spiro atoms. The van der Waals surface area contributed by atoms with Crippen molar-refractivity contribution in [2.45, 2.75) is 80.0 Å². The van der Waals surface area contributed by atoms with Gasteiger partial charge in [0.25, 0.3) is 0 Å². The highest BCUT2D eigenvalue weighted by Gasteiger charge is 2.47. The third-order valence-corrected chi connectivity index (χ3v) is 7.67. The number of phenols is 2. The van der Waals surface area contributed by atoms with E-state index in [0.717, 1.165) is 6.07 Å². The Morgan fingerprint density at radius 3 is 1.79 bits per heavy atom. The minimum Gasteiger partial charge on any atom is -0.508 e. The molecule has 16 heteroatoms. The van der Waals surface area contributed by atoms with Crippen molar-refractivity contribution >= 4 is 0 Å². The van der Waals surface area contributed by atoms with Gasteiger partial charge in [0, 0.05) is 24.1 Å². The molecule has 0 amide bonds. The third-order valence-electron chi connectivity index (χ3n) is 7.67. The molecule has 2 aromatic rings. The Bertz CT molecular complexity index is 1270. The van der Waals surface area contributed by atoms with E-state index in [0.29, 0.717) is 0 Å². The lowest BCUT2D eigenvalue weighted by Crippen LogP contribution is -2.60. The van der Waals surface area contributed by atoms with Crippen molar-refractivity contribution < 1.29 is 79.9 Å². The van der Waals surface area contributed by atoms with E-state index in [9.17, 15) is 56.2 Å². The molecule has 0 aromatic heterocycles. The Kier molecular flexibility index (Phi) is 9.17. The number of aliphatic hydroxyl groups excluding tert-OH is 9. The second-order valence-electron chi connectivity index (χ2n) is 10.6. The smallest absolute Gasteiger partial charge is 0.229 e. The number of benzene rings is 2. The number of phenolic OH excluding ortho intramolecular Hbond substituents is 2. The molecule has 3 heterocycles. The maximum Gasteiger partial charge on any atom is 0.229 e. The van der Waals surface area contributed by atoms with Crippen LogP contribution in [0.4, 0.5) is 0 Å². The van der Waals surface area contributed by atoms with Crippen LogP contribution in [0.3, 0.4) is 0 Å². The Morgan fingerprint density at radius 2 is 1.23 bits per heavy atom. The zero-order valence-electron chi connectivity index (χ0n) is 22.4. The number of rotatable bonds is 7. The maximum absolute atomic E-state index is 10.9. The zero-order valence-corrected chi connectivity index (χ0v) is 22.4. The molecule has 0 radical (unpaired) electrons. The van der Waals surface area contributed by atoms with Gasteiger partial charge in [0.1, 0.15) is 72.2 Å². The van der Waals surface area contributed by atoms with Gasteiger partial charge in [-0.25, -0.2) is 0 Å². The van der Waals surface area contributed by atoms with Gasteiger partial charge in [-0.1, -0.05) is 6.07 Å². The molecule has 2 aromatic carbocycles. The first-order chi connectivity index (χ1) is 20.4. The van der Waals surface area contributed by atoms with Crippen LogP contribution in [0.1, 0.15) is 17.2 Å². The van der Waals surface area contributed by atoms with Crippen molar-refractivity contribution in [2.75, 3.05) is 13.2 Å². The molecular weight excluding hydrogens is 580 g/mol. The highest BCUT2D eigenvalue weighted by Crippen LogP contribution is 2.44. The van der Waals surface area contributed by atoms with Crippen LogP contribution < -0.4 is 14.2 Å². The predicted molar refractivity (Wildman–Crippen MR) is 138 cm³/mol. The summed E-state index contributed by atoms with van der Waals surface area (Å²) in [5.41, 5.74) is 0.517. The Morgan fingerprint density at radius 1 is 0.674 bits per heavy atom. The average Bonchev–Trinajstić information content (AvgIpc) is 2.98. The van der Waals surface area contributed by atoms with Gasteiger partial charge in [-0.05, 0) is 17.7 Å². The van der Waals surface area contributed by atoms with Crippen LogP contribution in [0.2, 0.25) is 0 Å². The summed E-state index contributed by atoms with van der Waals surface area (Å²) in [6.45, 7) is -1.46. The summed E-state index contributed by atoms with van der Waals surface area (Å²) in [6, 6.07) is 6.38. The summed E-state index contributed by atoms with van der Waals surface area (Å²) >= 11 is 0. The molecule has 5 rings (SSSR count). The molecule has 3 aliphatic heterocycles.